The highest BCUT2D eigenvalue weighted by molar-refractivity contribution is 5.89. The lowest BCUT2D eigenvalue weighted by atomic mass is 9.84. The first-order chi connectivity index (χ1) is 30.8. The van der Waals surface area contributed by atoms with E-state index < -0.39 is 24.3 Å². The fourth-order valence-electron chi connectivity index (χ4n) is 10.5. The second-order valence-corrected chi connectivity index (χ2v) is 18.7. The van der Waals surface area contributed by atoms with Crippen LogP contribution in [-0.2, 0) is 19.1 Å². The van der Waals surface area contributed by atoms with Gasteiger partial charge in [-0.2, -0.15) is 0 Å². The second kappa shape index (κ2) is 17.3. The molecule has 4 heterocycles. The summed E-state index contributed by atoms with van der Waals surface area (Å²) in [6, 6.07) is 17.7. The summed E-state index contributed by atoms with van der Waals surface area (Å²) in [6.45, 7) is 11.0. The Bertz CT molecular complexity index is 2630. The van der Waals surface area contributed by atoms with Crippen molar-refractivity contribution in [3.05, 3.63) is 95.7 Å². The van der Waals surface area contributed by atoms with E-state index in [2.05, 4.69) is 94.3 Å². The lowest BCUT2D eigenvalue weighted by molar-refractivity contribution is -0.136. The number of aromatic nitrogens is 4. The Kier molecular flexibility index (Phi) is 11.6. The first-order valence-electron chi connectivity index (χ1n) is 22.6. The molecule has 3 unspecified atom stereocenters. The van der Waals surface area contributed by atoms with Crippen molar-refractivity contribution in [3.8, 4) is 33.5 Å². The number of carbonyl (C=O) groups excluding carboxylic acids is 4. The van der Waals surface area contributed by atoms with Gasteiger partial charge in [0, 0.05) is 24.9 Å². The molecule has 4 aliphatic rings. The fraction of sp³-hybridized carbons (Fsp3) is 0.440. The standard InChI is InChI=1S/C50H58N8O6/c1-26(2)43(55-49(61)63-6)47(59)57-20-8-9-39(57)45-51-24-38(54-45)30-12-10-29(11-13-30)34-17-18-35(42-33-15-14-32(22-33)41(34)42)31-16-19-36-37(23-31)53-46(52-36)40-21-28(5)25-58(40)48(60)44(27(3)4)56-50(62)64-7/h10-19,23-24,26-28,32-33,39-40,43-44H,8-9,20-22,25H2,1-7H3,(H,51,54)(H,52,53)(H,55,61)(H,56,62)/t28-,32?,33?,39-,40?,43-,44-/m0/s1. The molecule has 2 fully saturated rings. The van der Waals surface area contributed by atoms with Crippen LogP contribution in [0.1, 0.15) is 107 Å². The summed E-state index contributed by atoms with van der Waals surface area (Å²) in [7, 11) is 2.60. The van der Waals surface area contributed by atoms with Gasteiger partial charge in [-0.25, -0.2) is 19.6 Å². The smallest absolute Gasteiger partial charge is 0.407 e. The Morgan fingerprint density at radius 1 is 0.719 bits per heavy atom. The zero-order valence-electron chi connectivity index (χ0n) is 37.6. The molecule has 2 saturated heterocycles. The largest absolute Gasteiger partial charge is 0.453 e. The van der Waals surface area contributed by atoms with Gasteiger partial charge in [0.15, 0.2) is 0 Å². The molecule has 3 aromatic carbocycles. The van der Waals surface area contributed by atoms with Crippen LogP contribution >= 0.6 is 0 Å². The van der Waals surface area contributed by atoms with Gasteiger partial charge in [-0.3, -0.25) is 9.59 Å². The van der Waals surface area contributed by atoms with Crippen molar-refractivity contribution in [2.24, 2.45) is 17.8 Å². The van der Waals surface area contributed by atoms with Crippen LogP contribution in [0, 0.1) is 17.8 Å². The van der Waals surface area contributed by atoms with Crippen LogP contribution in [0.15, 0.2) is 72.9 Å². The number of rotatable bonds is 11. The number of likely N-dealkylation sites (tertiary alicyclic amines) is 2. The average molecular weight is 867 g/mol. The van der Waals surface area contributed by atoms with Crippen molar-refractivity contribution in [1.29, 1.82) is 0 Å². The normalized spacial score (nSPS) is 22.0. The maximum Gasteiger partial charge on any atom is 0.407 e. The Morgan fingerprint density at radius 3 is 1.94 bits per heavy atom. The minimum Gasteiger partial charge on any atom is -0.453 e. The zero-order valence-corrected chi connectivity index (χ0v) is 37.6. The number of methoxy groups -OCH3 is 2. The van der Waals surface area contributed by atoms with Gasteiger partial charge in [0.1, 0.15) is 23.7 Å². The maximum absolute atomic E-state index is 13.9. The van der Waals surface area contributed by atoms with Crippen LogP contribution in [-0.4, -0.2) is 93.1 Å². The van der Waals surface area contributed by atoms with Gasteiger partial charge in [-0.15, -0.1) is 0 Å². The van der Waals surface area contributed by atoms with Crippen molar-refractivity contribution in [2.45, 2.75) is 96.3 Å². The summed E-state index contributed by atoms with van der Waals surface area (Å²) in [5.41, 5.74) is 11.1. The van der Waals surface area contributed by atoms with Crippen LogP contribution in [0.2, 0.25) is 0 Å². The third-order valence-electron chi connectivity index (χ3n) is 13.8. The molecule has 14 nitrogen and oxygen atoms in total. The summed E-state index contributed by atoms with van der Waals surface area (Å²) < 4.78 is 9.63. The number of nitrogens with zero attached hydrogens (tertiary/aromatic N) is 4. The lowest BCUT2D eigenvalue weighted by Crippen LogP contribution is -2.51. The maximum atomic E-state index is 13.9. The van der Waals surface area contributed by atoms with E-state index in [9.17, 15) is 19.2 Å². The van der Waals surface area contributed by atoms with Crippen LogP contribution in [0.5, 0.6) is 0 Å². The molecule has 4 amide bonds. The monoisotopic (exact) mass is 866 g/mol. The minimum absolute atomic E-state index is 0.107. The predicted octanol–water partition coefficient (Wildman–Crippen LogP) is 8.76. The third kappa shape index (κ3) is 7.81. The van der Waals surface area contributed by atoms with E-state index in [0.717, 1.165) is 70.7 Å². The number of imidazole rings is 2. The van der Waals surface area contributed by atoms with Crippen molar-refractivity contribution in [2.75, 3.05) is 27.3 Å². The molecule has 9 rings (SSSR count). The van der Waals surface area contributed by atoms with E-state index in [1.165, 1.54) is 36.5 Å². The van der Waals surface area contributed by atoms with E-state index >= 15 is 0 Å². The number of aromatic amines is 2. The van der Waals surface area contributed by atoms with Crippen molar-refractivity contribution in [1.82, 2.24) is 40.4 Å². The highest BCUT2D eigenvalue weighted by Gasteiger charge is 2.41. The zero-order chi connectivity index (χ0) is 45.0. The summed E-state index contributed by atoms with van der Waals surface area (Å²) in [6.07, 6.45) is 8.79. The van der Waals surface area contributed by atoms with E-state index in [0.29, 0.717) is 24.9 Å². The molecule has 0 spiro atoms. The number of allylic oxidation sites excluding steroid dienone is 2. The van der Waals surface area contributed by atoms with E-state index in [1.54, 1.807) is 0 Å². The Morgan fingerprint density at radius 2 is 1.31 bits per heavy atom. The number of carbonyl (C=O) groups is 4. The number of nitrogens with one attached hydrogen (secondary N) is 4. The first-order valence-corrected chi connectivity index (χ1v) is 22.6. The lowest BCUT2D eigenvalue weighted by Gasteiger charge is -2.30. The molecule has 0 saturated carbocycles. The quantitative estimate of drug-likeness (QED) is 0.0954. The second-order valence-electron chi connectivity index (χ2n) is 18.7. The number of H-pyrrole nitrogens is 2. The van der Waals surface area contributed by atoms with Gasteiger partial charge in [-0.1, -0.05) is 89.2 Å². The van der Waals surface area contributed by atoms with Crippen molar-refractivity contribution < 1.29 is 28.7 Å². The molecular weight excluding hydrogens is 809 g/mol. The molecule has 2 bridgehead atoms. The third-order valence-corrected chi connectivity index (χ3v) is 13.8. The molecule has 5 aromatic rings. The number of alkyl carbamates (subject to hydrolysis) is 2. The van der Waals surface area contributed by atoms with Gasteiger partial charge < -0.3 is 39.9 Å². The Hall–Kier alpha value is -6.44. The molecule has 4 N–H and O–H groups in total. The van der Waals surface area contributed by atoms with Crippen LogP contribution in [0.25, 0.3) is 44.5 Å². The van der Waals surface area contributed by atoms with Crippen molar-refractivity contribution in [3.63, 3.8) is 0 Å². The number of fused-ring (bicyclic) bond motifs is 6. The van der Waals surface area contributed by atoms with E-state index in [4.69, 9.17) is 19.4 Å². The molecule has 0 radical (unpaired) electrons. The van der Waals surface area contributed by atoms with E-state index in [-0.39, 0.29) is 41.7 Å². The molecule has 14 heteroatoms. The highest BCUT2D eigenvalue weighted by atomic mass is 16.5. The minimum atomic E-state index is -0.704. The summed E-state index contributed by atoms with van der Waals surface area (Å²) in [4.78, 5) is 72.4. The summed E-state index contributed by atoms with van der Waals surface area (Å²) in [5.74, 6) is 1.96. The summed E-state index contributed by atoms with van der Waals surface area (Å²) >= 11 is 0. The summed E-state index contributed by atoms with van der Waals surface area (Å²) in [5, 5.41) is 5.47. The highest BCUT2D eigenvalue weighted by Crippen LogP contribution is 2.55. The van der Waals surface area contributed by atoms with Crippen LogP contribution in [0.3, 0.4) is 0 Å². The molecule has 2 aromatic heterocycles. The van der Waals surface area contributed by atoms with E-state index in [1.807, 2.05) is 43.7 Å². The number of ether oxygens (including phenoxy) is 2. The van der Waals surface area contributed by atoms with Gasteiger partial charge in [0.2, 0.25) is 11.8 Å². The van der Waals surface area contributed by atoms with Gasteiger partial charge in [-0.05, 0) is 94.5 Å². The first kappa shape index (κ1) is 42.8. The molecule has 64 heavy (non-hydrogen) atoms. The molecular formula is C50H58N8O6. The number of amides is 4. The predicted molar refractivity (Wildman–Crippen MR) is 244 cm³/mol. The molecule has 2 aliphatic heterocycles. The van der Waals surface area contributed by atoms with Crippen molar-refractivity contribution >= 4 is 35.0 Å². The fourth-order valence-corrected chi connectivity index (χ4v) is 10.5. The number of hydrogen-bond donors (Lipinski definition) is 4. The molecule has 334 valence electrons. The Balaban J connectivity index is 0.956. The van der Waals surface area contributed by atoms with Crippen LogP contribution < -0.4 is 10.6 Å². The number of benzene rings is 3. The van der Waals surface area contributed by atoms with Gasteiger partial charge in [0.05, 0.1) is 49.2 Å². The topological polar surface area (TPSA) is 175 Å². The Labute approximate surface area is 373 Å². The van der Waals surface area contributed by atoms with Crippen LogP contribution in [0.4, 0.5) is 9.59 Å². The van der Waals surface area contributed by atoms with Gasteiger partial charge in [0.25, 0.3) is 0 Å². The average Bonchev–Trinajstić information content (AvgIpc) is 4.16. The molecule has 7 atom stereocenters. The number of hydrogen-bond acceptors (Lipinski definition) is 8. The molecule has 2 aliphatic carbocycles. The van der Waals surface area contributed by atoms with Gasteiger partial charge >= 0.3 is 12.2 Å². The SMILES string of the molecule is COC(=O)N[C@H](C(=O)N1C[C@@H](C)CC1c1nc2ccc(-c3ccc(-c4ccc(-c5cnc([C@@H]6CCCN6C(=O)[C@@H](NC(=O)OC)C(C)C)[nH]5)cc4)c4c3C3C=CC4C3)cc2[nH]1)C(C)C.